The maximum Gasteiger partial charge on any atom is 0.187 e. The number of aliphatic hydroxyl groups is 1. The molecular formula is C10H15ClN2OS2. The van der Waals surface area contributed by atoms with Gasteiger partial charge in [-0.15, -0.1) is 0 Å². The number of nitrogens with zero attached hydrogens (tertiary/aromatic N) is 2. The van der Waals surface area contributed by atoms with E-state index in [1.807, 2.05) is 11.8 Å². The van der Waals surface area contributed by atoms with E-state index < -0.39 is 0 Å². The van der Waals surface area contributed by atoms with Crippen LogP contribution in [-0.2, 0) is 6.61 Å². The van der Waals surface area contributed by atoms with Gasteiger partial charge < -0.3 is 10.0 Å². The molecule has 1 fully saturated rings. The first-order valence-electron chi connectivity index (χ1n) is 5.26. The number of anilines is 1. The Morgan fingerprint density at radius 1 is 1.44 bits per heavy atom. The van der Waals surface area contributed by atoms with Gasteiger partial charge in [-0.25, -0.2) is 4.98 Å². The summed E-state index contributed by atoms with van der Waals surface area (Å²) in [7, 11) is 0. The molecule has 0 amide bonds. The Morgan fingerprint density at radius 3 is 2.56 bits per heavy atom. The number of aromatic nitrogens is 1. The molecule has 1 N–H and O–H groups in total. The van der Waals surface area contributed by atoms with Gasteiger partial charge in [0.25, 0.3) is 0 Å². The van der Waals surface area contributed by atoms with Crippen LogP contribution in [0.5, 0.6) is 0 Å². The first-order valence-corrected chi connectivity index (χ1v) is 7.40. The van der Waals surface area contributed by atoms with Crippen molar-refractivity contribution in [2.45, 2.75) is 31.0 Å². The third kappa shape index (κ3) is 2.64. The number of hydrogen-bond donors (Lipinski definition) is 1. The zero-order chi connectivity index (χ0) is 11.7. The maximum atomic E-state index is 9.10. The minimum Gasteiger partial charge on any atom is -0.391 e. The highest BCUT2D eigenvalue weighted by atomic mass is 35.5. The van der Waals surface area contributed by atoms with Crippen molar-refractivity contribution in [1.29, 1.82) is 0 Å². The fourth-order valence-corrected chi connectivity index (χ4v) is 4.35. The summed E-state index contributed by atoms with van der Waals surface area (Å²) in [6.07, 6.45) is 0. The second-order valence-electron chi connectivity index (χ2n) is 4.03. The van der Waals surface area contributed by atoms with Crippen molar-refractivity contribution in [2.75, 3.05) is 18.0 Å². The van der Waals surface area contributed by atoms with Gasteiger partial charge in [-0.1, -0.05) is 36.8 Å². The van der Waals surface area contributed by atoms with E-state index in [4.69, 9.17) is 16.7 Å². The Bertz CT molecular complexity index is 362. The Balaban J connectivity index is 2.16. The summed E-state index contributed by atoms with van der Waals surface area (Å²) < 4.78 is 0. The quantitative estimate of drug-likeness (QED) is 0.902. The molecule has 1 aromatic rings. The Labute approximate surface area is 109 Å². The average molecular weight is 279 g/mol. The standard InChI is InChI=1S/C10H15ClN2OS2/c1-6-3-13(4-7(2)15-6)10-12-9(11)8(5-14)16-10/h6-7,14H,3-5H2,1-2H3. The van der Waals surface area contributed by atoms with E-state index in [0.29, 0.717) is 15.7 Å². The van der Waals surface area contributed by atoms with Crippen molar-refractivity contribution >= 4 is 39.8 Å². The number of thioether (sulfide) groups is 1. The van der Waals surface area contributed by atoms with Crippen LogP contribution in [0.25, 0.3) is 0 Å². The Hall–Kier alpha value is 0.0300. The highest BCUT2D eigenvalue weighted by Gasteiger charge is 2.25. The van der Waals surface area contributed by atoms with Crippen molar-refractivity contribution in [1.82, 2.24) is 4.98 Å². The lowest BCUT2D eigenvalue weighted by molar-refractivity contribution is 0.285. The fraction of sp³-hybridized carbons (Fsp3) is 0.700. The summed E-state index contributed by atoms with van der Waals surface area (Å²) >= 11 is 9.45. The summed E-state index contributed by atoms with van der Waals surface area (Å²) in [6, 6.07) is 0. The molecule has 2 rings (SSSR count). The molecule has 1 aliphatic heterocycles. The van der Waals surface area contributed by atoms with Gasteiger partial charge in [0.2, 0.25) is 0 Å². The van der Waals surface area contributed by atoms with Gasteiger partial charge in [0.1, 0.15) is 5.15 Å². The van der Waals surface area contributed by atoms with Gasteiger partial charge >= 0.3 is 0 Å². The molecule has 0 radical (unpaired) electrons. The molecule has 16 heavy (non-hydrogen) atoms. The van der Waals surface area contributed by atoms with Crippen molar-refractivity contribution in [3.63, 3.8) is 0 Å². The van der Waals surface area contributed by atoms with Crippen LogP contribution in [0.3, 0.4) is 0 Å². The number of halogens is 1. The molecule has 2 unspecified atom stereocenters. The molecule has 90 valence electrons. The molecule has 0 saturated carbocycles. The lowest BCUT2D eigenvalue weighted by Crippen LogP contribution is -2.40. The highest BCUT2D eigenvalue weighted by Crippen LogP contribution is 2.34. The minimum absolute atomic E-state index is 0.0236. The largest absolute Gasteiger partial charge is 0.391 e. The molecule has 2 atom stereocenters. The zero-order valence-corrected chi connectivity index (χ0v) is 11.7. The van der Waals surface area contributed by atoms with E-state index in [2.05, 4.69) is 23.7 Å². The van der Waals surface area contributed by atoms with Gasteiger partial charge in [0, 0.05) is 23.6 Å². The third-order valence-corrected chi connectivity index (χ3v) is 5.23. The zero-order valence-electron chi connectivity index (χ0n) is 9.31. The van der Waals surface area contributed by atoms with Crippen LogP contribution in [0, 0.1) is 0 Å². The first-order chi connectivity index (χ1) is 7.60. The minimum atomic E-state index is -0.0236. The van der Waals surface area contributed by atoms with Crippen LogP contribution in [-0.4, -0.2) is 33.7 Å². The van der Waals surface area contributed by atoms with Crippen LogP contribution in [0.4, 0.5) is 5.13 Å². The summed E-state index contributed by atoms with van der Waals surface area (Å²) in [5.41, 5.74) is 0. The Kier molecular flexibility index (Phi) is 4.00. The molecular weight excluding hydrogens is 264 g/mol. The van der Waals surface area contributed by atoms with Gasteiger partial charge in [-0.2, -0.15) is 11.8 Å². The molecule has 3 nitrogen and oxygen atoms in total. The van der Waals surface area contributed by atoms with Gasteiger partial charge in [0.05, 0.1) is 11.5 Å². The number of thiazole rings is 1. The van der Waals surface area contributed by atoms with Crippen molar-refractivity contribution in [2.24, 2.45) is 0 Å². The van der Waals surface area contributed by atoms with E-state index in [0.717, 1.165) is 23.1 Å². The molecule has 1 aliphatic rings. The van der Waals surface area contributed by atoms with Crippen molar-refractivity contribution in [3.8, 4) is 0 Å². The Morgan fingerprint density at radius 2 is 2.06 bits per heavy atom. The van der Waals surface area contributed by atoms with E-state index in [-0.39, 0.29) is 6.61 Å². The van der Waals surface area contributed by atoms with Gasteiger partial charge in [-0.05, 0) is 0 Å². The van der Waals surface area contributed by atoms with Crippen LogP contribution < -0.4 is 4.90 Å². The smallest absolute Gasteiger partial charge is 0.187 e. The molecule has 0 spiro atoms. The number of rotatable bonds is 2. The van der Waals surface area contributed by atoms with Crippen LogP contribution in [0.1, 0.15) is 18.7 Å². The molecule has 0 aromatic carbocycles. The summed E-state index contributed by atoms with van der Waals surface area (Å²) in [5, 5.41) is 11.7. The van der Waals surface area contributed by atoms with Crippen LogP contribution >= 0.6 is 34.7 Å². The van der Waals surface area contributed by atoms with Crippen LogP contribution in [0.15, 0.2) is 0 Å². The molecule has 0 aliphatic carbocycles. The monoisotopic (exact) mass is 278 g/mol. The maximum absolute atomic E-state index is 9.10. The second kappa shape index (κ2) is 5.12. The molecule has 1 aromatic heterocycles. The second-order valence-corrected chi connectivity index (χ2v) is 7.33. The number of aliphatic hydroxyl groups excluding tert-OH is 1. The van der Waals surface area contributed by atoms with Crippen molar-refractivity contribution < 1.29 is 5.11 Å². The number of hydrogen-bond acceptors (Lipinski definition) is 5. The molecule has 2 heterocycles. The van der Waals surface area contributed by atoms with Gasteiger partial charge in [-0.3, -0.25) is 0 Å². The average Bonchev–Trinajstić information content (AvgIpc) is 2.58. The molecule has 1 saturated heterocycles. The van der Waals surface area contributed by atoms with Gasteiger partial charge in [0.15, 0.2) is 5.13 Å². The lowest BCUT2D eigenvalue weighted by atomic mass is 10.3. The third-order valence-electron chi connectivity index (χ3n) is 2.47. The van der Waals surface area contributed by atoms with E-state index >= 15 is 0 Å². The topological polar surface area (TPSA) is 36.4 Å². The predicted molar refractivity (Wildman–Crippen MR) is 71.8 cm³/mol. The SMILES string of the molecule is CC1CN(c2nc(Cl)c(CO)s2)CC(C)S1. The highest BCUT2D eigenvalue weighted by molar-refractivity contribution is 8.00. The van der Waals surface area contributed by atoms with E-state index in [1.165, 1.54) is 11.3 Å². The molecule has 6 heteroatoms. The lowest BCUT2D eigenvalue weighted by Gasteiger charge is -2.34. The van der Waals surface area contributed by atoms with E-state index in [9.17, 15) is 0 Å². The fourth-order valence-electron chi connectivity index (χ4n) is 1.89. The molecule has 0 bridgehead atoms. The van der Waals surface area contributed by atoms with E-state index in [1.54, 1.807) is 0 Å². The van der Waals surface area contributed by atoms with Crippen molar-refractivity contribution in [3.05, 3.63) is 10.0 Å². The van der Waals surface area contributed by atoms with Crippen LogP contribution in [0.2, 0.25) is 5.15 Å². The summed E-state index contributed by atoms with van der Waals surface area (Å²) in [5.74, 6) is 0. The summed E-state index contributed by atoms with van der Waals surface area (Å²) in [4.78, 5) is 7.34. The summed E-state index contributed by atoms with van der Waals surface area (Å²) in [6.45, 7) is 6.45. The normalized spacial score (nSPS) is 26.1. The first kappa shape index (κ1) is 12.5. The predicted octanol–water partition coefficient (Wildman–Crippen LogP) is 2.62.